The van der Waals surface area contributed by atoms with Gasteiger partial charge in [0.15, 0.2) is 11.8 Å². The molecule has 1 heterocycles. The molecule has 0 fully saturated rings. The van der Waals surface area contributed by atoms with Crippen LogP contribution >= 0.6 is 0 Å². The van der Waals surface area contributed by atoms with Crippen molar-refractivity contribution in [1.29, 1.82) is 0 Å². The first-order valence-corrected chi connectivity index (χ1v) is 5.35. The molecule has 0 aliphatic rings. The lowest BCUT2D eigenvalue weighted by Gasteiger charge is -2.11. The second-order valence-corrected chi connectivity index (χ2v) is 3.94. The molecular formula is C10H19N5O. The molecule has 16 heavy (non-hydrogen) atoms. The second kappa shape index (κ2) is 6.09. The molecule has 0 unspecified atom stereocenters. The fourth-order valence-corrected chi connectivity index (χ4v) is 1.09. The highest BCUT2D eigenvalue weighted by Gasteiger charge is 2.04. The minimum absolute atomic E-state index is 0.485. The number of aromatic nitrogens is 2. The third-order valence-electron chi connectivity index (χ3n) is 1.88. The standard InChI is InChI=1S/C10H19N5O/c1-7(2)5-12-10(11-4)13-6-9-14-8(3)15-16-9/h7H,5-6H2,1-4H3,(H2,11,12,13). The van der Waals surface area contributed by atoms with Gasteiger partial charge in [0.2, 0.25) is 5.89 Å². The van der Waals surface area contributed by atoms with E-state index in [0.29, 0.717) is 24.2 Å². The Balaban J connectivity index is 2.34. The summed E-state index contributed by atoms with van der Waals surface area (Å²) in [4.78, 5) is 8.18. The molecule has 1 aromatic heterocycles. The van der Waals surface area contributed by atoms with E-state index in [0.717, 1.165) is 12.5 Å². The first kappa shape index (κ1) is 12.5. The quantitative estimate of drug-likeness (QED) is 0.582. The third kappa shape index (κ3) is 4.29. The molecule has 0 aliphatic heterocycles. The molecule has 0 aliphatic carbocycles. The maximum atomic E-state index is 4.98. The number of rotatable bonds is 4. The average Bonchev–Trinajstić information content (AvgIpc) is 2.64. The van der Waals surface area contributed by atoms with E-state index in [1.165, 1.54) is 0 Å². The molecule has 6 heteroatoms. The highest BCUT2D eigenvalue weighted by Crippen LogP contribution is 1.94. The van der Waals surface area contributed by atoms with Crippen molar-refractivity contribution in [3.63, 3.8) is 0 Å². The Kier molecular flexibility index (Phi) is 4.75. The molecule has 0 bridgehead atoms. The average molecular weight is 225 g/mol. The second-order valence-electron chi connectivity index (χ2n) is 3.94. The van der Waals surface area contributed by atoms with E-state index in [-0.39, 0.29) is 0 Å². The highest BCUT2D eigenvalue weighted by molar-refractivity contribution is 5.79. The molecule has 0 saturated carbocycles. The van der Waals surface area contributed by atoms with Gasteiger partial charge in [-0.2, -0.15) is 4.98 Å². The Morgan fingerprint density at radius 2 is 2.19 bits per heavy atom. The number of nitrogens with zero attached hydrogens (tertiary/aromatic N) is 3. The van der Waals surface area contributed by atoms with Crippen molar-refractivity contribution in [3.05, 3.63) is 11.7 Å². The van der Waals surface area contributed by atoms with Crippen LogP contribution < -0.4 is 10.6 Å². The predicted octanol–water partition coefficient (Wildman–Crippen LogP) is 0.699. The molecule has 0 aromatic carbocycles. The molecule has 6 nitrogen and oxygen atoms in total. The number of hydrogen-bond acceptors (Lipinski definition) is 4. The van der Waals surface area contributed by atoms with E-state index in [1.807, 2.05) is 0 Å². The largest absolute Gasteiger partial charge is 0.356 e. The molecule has 0 saturated heterocycles. The molecule has 1 rings (SSSR count). The van der Waals surface area contributed by atoms with E-state index in [1.54, 1.807) is 14.0 Å². The van der Waals surface area contributed by atoms with Crippen LogP contribution in [0.5, 0.6) is 0 Å². The van der Waals surface area contributed by atoms with E-state index >= 15 is 0 Å². The van der Waals surface area contributed by atoms with E-state index in [2.05, 4.69) is 39.6 Å². The molecule has 0 amide bonds. The Bertz CT molecular complexity index is 345. The van der Waals surface area contributed by atoms with E-state index < -0.39 is 0 Å². The topological polar surface area (TPSA) is 75.3 Å². The van der Waals surface area contributed by atoms with Crippen molar-refractivity contribution < 1.29 is 4.52 Å². The van der Waals surface area contributed by atoms with Crippen molar-refractivity contribution in [2.45, 2.75) is 27.3 Å². The molecule has 1 aromatic rings. The Labute approximate surface area is 95.5 Å². The van der Waals surface area contributed by atoms with Gasteiger partial charge in [-0.3, -0.25) is 4.99 Å². The lowest BCUT2D eigenvalue weighted by Crippen LogP contribution is -2.38. The van der Waals surface area contributed by atoms with Gasteiger partial charge in [0.05, 0.1) is 6.54 Å². The van der Waals surface area contributed by atoms with E-state index in [9.17, 15) is 0 Å². The summed E-state index contributed by atoms with van der Waals surface area (Å²) in [6, 6.07) is 0. The Hall–Kier alpha value is -1.59. The Morgan fingerprint density at radius 3 is 2.69 bits per heavy atom. The molecule has 90 valence electrons. The van der Waals surface area contributed by atoms with Crippen LogP contribution in [0.1, 0.15) is 25.6 Å². The van der Waals surface area contributed by atoms with Crippen molar-refractivity contribution in [2.24, 2.45) is 10.9 Å². The van der Waals surface area contributed by atoms with Gasteiger partial charge in [-0.1, -0.05) is 19.0 Å². The Morgan fingerprint density at radius 1 is 1.44 bits per heavy atom. The van der Waals surface area contributed by atoms with Crippen LogP contribution in [0.25, 0.3) is 0 Å². The van der Waals surface area contributed by atoms with Crippen LogP contribution in [0.4, 0.5) is 0 Å². The van der Waals surface area contributed by atoms with Gasteiger partial charge < -0.3 is 15.2 Å². The molecule has 2 N–H and O–H groups in total. The van der Waals surface area contributed by atoms with Gasteiger partial charge in [0.1, 0.15) is 0 Å². The van der Waals surface area contributed by atoms with Crippen LogP contribution in [-0.2, 0) is 6.54 Å². The number of aliphatic imine (C=N–C) groups is 1. The van der Waals surface area contributed by atoms with Crippen LogP contribution in [0, 0.1) is 12.8 Å². The lowest BCUT2D eigenvalue weighted by atomic mass is 10.2. The summed E-state index contributed by atoms with van der Waals surface area (Å²) >= 11 is 0. The predicted molar refractivity (Wildman–Crippen MR) is 62.1 cm³/mol. The summed E-state index contributed by atoms with van der Waals surface area (Å²) in [7, 11) is 1.73. The van der Waals surface area contributed by atoms with Crippen LogP contribution in [0.2, 0.25) is 0 Å². The first-order chi connectivity index (χ1) is 7.61. The van der Waals surface area contributed by atoms with Gasteiger partial charge in [-0.05, 0) is 12.8 Å². The number of hydrogen-bond donors (Lipinski definition) is 2. The summed E-state index contributed by atoms with van der Waals surface area (Å²) in [6.07, 6.45) is 0. The zero-order valence-electron chi connectivity index (χ0n) is 10.2. The lowest BCUT2D eigenvalue weighted by molar-refractivity contribution is 0.371. The fourth-order valence-electron chi connectivity index (χ4n) is 1.09. The minimum atomic E-state index is 0.485. The zero-order valence-corrected chi connectivity index (χ0v) is 10.2. The van der Waals surface area contributed by atoms with Gasteiger partial charge in [0.25, 0.3) is 0 Å². The van der Waals surface area contributed by atoms with Crippen molar-refractivity contribution in [3.8, 4) is 0 Å². The summed E-state index contributed by atoms with van der Waals surface area (Å²) in [5, 5.41) is 10.0. The molecule has 0 spiro atoms. The summed E-state index contributed by atoms with van der Waals surface area (Å²) in [5.74, 6) is 2.51. The normalized spacial score (nSPS) is 11.9. The van der Waals surface area contributed by atoms with Gasteiger partial charge in [0, 0.05) is 13.6 Å². The van der Waals surface area contributed by atoms with Crippen molar-refractivity contribution >= 4 is 5.96 Å². The SMILES string of the molecule is CN=C(NCc1nc(C)no1)NCC(C)C. The molecule has 0 atom stereocenters. The van der Waals surface area contributed by atoms with Crippen molar-refractivity contribution in [2.75, 3.05) is 13.6 Å². The van der Waals surface area contributed by atoms with Crippen LogP contribution in [-0.4, -0.2) is 29.7 Å². The summed E-state index contributed by atoms with van der Waals surface area (Å²) in [6.45, 7) is 7.43. The smallest absolute Gasteiger partial charge is 0.246 e. The maximum Gasteiger partial charge on any atom is 0.246 e. The van der Waals surface area contributed by atoms with Crippen molar-refractivity contribution in [1.82, 2.24) is 20.8 Å². The van der Waals surface area contributed by atoms with Gasteiger partial charge in [-0.15, -0.1) is 0 Å². The van der Waals surface area contributed by atoms with Gasteiger partial charge in [-0.25, -0.2) is 0 Å². The summed E-state index contributed by atoms with van der Waals surface area (Å²) < 4.78 is 4.98. The molecule has 0 radical (unpaired) electrons. The summed E-state index contributed by atoms with van der Waals surface area (Å²) in [5.41, 5.74) is 0. The number of nitrogens with one attached hydrogen (secondary N) is 2. The van der Waals surface area contributed by atoms with Crippen LogP contribution in [0.15, 0.2) is 9.52 Å². The van der Waals surface area contributed by atoms with E-state index in [4.69, 9.17) is 4.52 Å². The fraction of sp³-hybridized carbons (Fsp3) is 0.700. The van der Waals surface area contributed by atoms with Crippen LogP contribution in [0.3, 0.4) is 0 Å². The maximum absolute atomic E-state index is 4.98. The monoisotopic (exact) mass is 225 g/mol. The number of guanidine groups is 1. The molecular weight excluding hydrogens is 206 g/mol. The highest BCUT2D eigenvalue weighted by atomic mass is 16.5. The van der Waals surface area contributed by atoms with Gasteiger partial charge >= 0.3 is 0 Å². The first-order valence-electron chi connectivity index (χ1n) is 5.35. The zero-order chi connectivity index (χ0) is 12.0. The number of aryl methyl sites for hydroxylation is 1. The third-order valence-corrected chi connectivity index (χ3v) is 1.88. The minimum Gasteiger partial charge on any atom is -0.356 e.